The highest BCUT2D eigenvalue weighted by Gasteiger charge is 2.05. The molecule has 2 aromatic rings. The van der Waals surface area contributed by atoms with Gasteiger partial charge in [-0.15, -0.1) is 12.4 Å². The first kappa shape index (κ1) is 18.8. The minimum absolute atomic E-state index is 0. The number of ether oxygens (including phenoxy) is 1. The summed E-state index contributed by atoms with van der Waals surface area (Å²) in [4.78, 5) is 11.8. The third kappa shape index (κ3) is 6.20. The van der Waals surface area contributed by atoms with Gasteiger partial charge in [0, 0.05) is 12.2 Å². The number of aryl methyl sites for hydroxylation is 2. The van der Waals surface area contributed by atoms with Crippen molar-refractivity contribution < 1.29 is 9.53 Å². The molecule has 5 heteroatoms. The molecule has 3 N–H and O–H groups in total. The number of hydrogen-bond acceptors (Lipinski definition) is 3. The average Bonchev–Trinajstić information content (AvgIpc) is 2.50. The second-order valence-electron chi connectivity index (χ2n) is 5.40. The molecule has 0 aliphatic carbocycles. The lowest BCUT2D eigenvalue weighted by Crippen LogP contribution is -2.30. The lowest BCUT2D eigenvalue weighted by molar-refractivity contribution is -0.123. The van der Waals surface area contributed by atoms with Crippen LogP contribution < -0.4 is 15.8 Å². The number of carbonyl (C=O) groups is 1. The van der Waals surface area contributed by atoms with Crippen LogP contribution >= 0.6 is 12.4 Å². The highest BCUT2D eigenvalue weighted by Crippen LogP contribution is 2.18. The first-order valence-corrected chi connectivity index (χ1v) is 7.36. The summed E-state index contributed by atoms with van der Waals surface area (Å²) in [6, 6.07) is 13.6. The molecule has 0 radical (unpaired) electrons. The van der Waals surface area contributed by atoms with E-state index >= 15 is 0 Å². The number of nitrogen functional groups attached to an aromatic ring is 1. The Morgan fingerprint density at radius 2 is 1.83 bits per heavy atom. The first-order valence-electron chi connectivity index (χ1n) is 7.36. The maximum Gasteiger partial charge on any atom is 0.257 e. The van der Waals surface area contributed by atoms with Crippen LogP contribution in [0.5, 0.6) is 5.75 Å². The van der Waals surface area contributed by atoms with Crippen LogP contribution in [0.1, 0.15) is 16.7 Å². The van der Waals surface area contributed by atoms with E-state index in [1.807, 2.05) is 56.3 Å². The predicted molar refractivity (Wildman–Crippen MR) is 96.2 cm³/mol. The molecule has 0 unspecified atom stereocenters. The number of amides is 1. The monoisotopic (exact) mass is 334 g/mol. The number of benzene rings is 2. The molecule has 0 aliphatic rings. The Morgan fingerprint density at radius 3 is 2.52 bits per heavy atom. The summed E-state index contributed by atoms with van der Waals surface area (Å²) in [6.07, 6.45) is 0.773. The van der Waals surface area contributed by atoms with Crippen molar-refractivity contribution in [2.24, 2.45) is 0 Å². The van der Waals surface area contributed by atoms with E-state index < -0.39 is 0 Å². The average molecular weight is 335 g/mol. The lowest BCUT2D eigenvalue weighted by atomic mass is 10.1. The van der Waals surface area contributed by atoms with Crippen LogP contribution in [0.4, 0.5) is 5.69 Å². The van der Waals surface area contributed by atoms with E-state index in [9.17, 15) is 4.79 Å². The van der Waals surface area contributed by atoms with Gasteiger partial charge in [-0.05, 0) is 55.2 Å². The molecule has 0 bridgehead atoms. The van der Waals surface area contributed by atoms with E-state index in [2.05, 4.69) is 5.32 Å². The van der Waals surface area contributed by atoms with Gasteiger partial charge < -0.3 is 15.8 Å². The Balaban J connectivity index is 0.00000264. The molecule has 124 valence electrons. The standard InChI is InChI=1S/C18H22N2O2.ClH/c1-13-3-4-14(2)17(11-13)22-12-18(21)20-10-9-15-5-7-16(19)8-6-15;/h3-8,11H,9-10,12,19H2,1-2H3,(H,20,21);1H. The third-order valence-electron chi connectivity index (χ3n) is 3.42. The SMILES string of the molecule is Cc1ccc(C)c(OCC(=O)NCCc2ccc(N)cc2)c1.Cl. The molecule has 2 rings (SSSR count). The summed E-state index contributed by atoms with van der Waals surface area (Å²) in [6.45, 7) is 4.58. The highest BCUT2D eigenvalue weighted by molar-refractivity contribution is 5.85. The Hall–Kier alpha value is -2.20. The Morgan fingerprint density at radius 1 is 1.13 bits per heavy atom. The second-order valence-corrected chi connectivity index (χ2v) is 5.40. The smallest absolute Gasteiger partial charge is 0.257 e. The maximum atomic E-state index is 11.8. The first-order chi connectivity index (χ1) is 10.5. The van der Waals surface area contributed by atoms with Gasteiger partial charge in [-0.1, -0.05) is 24.3 Å². The van der Waals surface area contributed by atoms with Gasteiger partial charge in [0.1, 0.15) is 5.75 Å². The summed E-state index contributed by atoms with van der Waals surface area (Å²) in [5.74, 6) is 0.644. The van der Waals surface area contributed by atoms with Crippen LogP contribution in [0.2, 0.25) is 0 Å². The predicted octanol–water partition coefficient (Wildman–Crippen LogP) is 3.05. The zero-order chi connectivity index (χ0) is 15.9. The fourth-order valence-corrected chi connectivity index (χ4v) is 2.09. The van der Waals surface area contributed by atoms with Gasteiger partial charge in [-0.25, -0.2) is 0 Å². The zero-order valence-electron chi connectivity index (χ0n) is 13.5. The molecular weight excluding hydrogens is 312 g/mol. The van der Waals surface area contributed by atoms with Crippen molar-refractivity contribution in [1.82, 2.24) is 5.32 Å². The van der Waals surface area contributed by atoms with Gasteiger partial charge >= 0.3 is 0 Å². The van der Waals surface area contributed by atoms with Crippen molar-refractivity contribution in [3.63, 3.8) is 0 Å². The van der Waals surface area contributed by atoms with Gasteiger partial charge in [0.2, 0.25) is 0 Å². The third-order valence-corrected chi connectivity index (χ3v) is 3.42. The molecular formula is C18H23ClN2O2. The van der Waals surface area contributed by atoms with E-state index in [-0.39, 0.29) is 24.9 Å². The van der Waals surface area contributed by atoms with Gasteiger partial charge in [0.25, 0.3) is 5.91 Å². The van der Waals surface area contributed by atoms with Gasteiger partial charge in [-0.2, -0.15) is 0 Å². The van der Waals surface area contributed by atoms with Crippen molar-refractivity contribution in [2.45, 2.75) is 20.3 Å². The van der Waals surface area contributed by atoms with Crippen LogP contribution in [0.25, 0.3) is 0 Å². The topological polar surface area (TPSA) is 64.3 Å². The number of halogens is 1. The van der Waals surface area contributed by atoms with Crippen LogP contribution in [0.3, 0.4) is 0 Å². The molecule has 4 nitrogen and oxygen atoms in total. The largest absolute Gasteiger partial charge is 0.483 e. The summed E-state index contributed by atoms with van der Waals surface area (Å²) >= 11 is 0. The molecule has 1 amide bonds. The highest BCUT2D eigenvalue weighted by atomic mass is 35.5. The minimum Gasteiger partial charge on any atom is -0.483 e. The normalized spacial score (nSPS) is 9.83. The van der Waals surface area contributed by atoms with E-state index in [1.165, 1.54) is 0 Å². The van der Waals surface area contributed by atoms with E-state index in [0.717, 1.165) is 34.5 Å². The summed E-state index contributed by atoms with van der Waals surface area (Å²) in [7, 11) is 0. The molecule has 0 fully saturated rings. The molecule has 2 aromatic carbocycles. The molecule has 0 saturated carbocycles. The van der Waals surface area contributed by atoms with Crippen molar-refractivity contribution in [1.29, 1.82) is 0 Å². The Kier molecular flexibility index (Phi) is 7.42. The fraction of sp³-hybridized carbons (Fsp3) is 0.278. The summed E-state index contributed by atoms with van der Waals surface area (Å²) in [5, 5.41) is 2.85. The molecule has 0 heterocycles. The molecule has 0 saturated heterocycles. The molecule has 0 spiro atoms. The fourth-order valence-electron chi connectivity index (χ4n) is 2.09. The van der Waals surface area contributed by atoms with Crippen LogP contribution in [0, 0.1) is 13.8 Å². The van der Waals surface area contributed by atoms with Crippen LogP contribution in [0.15, 0.2) is 42.5 Å². The number of rotatable bonds is 6. The lowest BCUT2D eigenvalue weighted by Gasteiger charge is -2.10. The van der Waals surface area contributed by atoms with Crippen molar-refractivity contribution in [3.05, 3.63) is 59.2 Å². The number of carbonyl (C=O) groups excluding carboxylic acids is 1. The molecule has 23 heavy (non-hydrogen) atoms. The van der Waals surface area contributed by atoms with Gasteiger partial charge in [0.05, 0.1) is 0 Å². The number of nitrogens with one attached hydrogen (secondary N) is 1. The van der Waals surface area contributed by atoms with Crippen LogP contribution in [-0.2, 0) is 11.2 Å². The number of anilines is 1. The molecule has 0 aromatic heterocycles. The Bertz CT molecular complexity index is 642. The number of nitrogens with two attached hydrogens (primary N) is 1. The summed E-state index contributed by atoms with van der Waals surface area (Å²) in [5.41, 5.74) is 9.67. The van der Waals surface area contributed by atoms with Gasteiger partial charge in [-0.3, -0.25) is 4.79 Å². The molecule has 0 aliphatic heterocycles. The maximum absolute atomic E-state index is 11.8. The van der Waals surface area contributed by atoms with E-state index in [1.54, 1.807) is 0 Å². The van der Waals surface area contributed by atoms with Gasteiger partial charge in [0.15, 0.2) is 6.61 Å². The Labute approximate surface area is 143 Å². The quantitative estimate of drug-likeness (QED) is 0.798. The number of hydrogen-bond donors (Lipinski definition) is 2. The molecule has 0 atom stereocenters. The van der Waals surface area contributed by atoms with Crippen molar-refractivity contribution >= 4 is 24.0 Å². The zero-order valence-corrected chi connectivity index (χ0v) is 14.3. The minimum atomic E-state index is -0.114. The van der Waals surface area contributed by atoms with Crippen molar-refractivity contribution in [3.8, 4) is 5.75 Å². The van der Waals surface area contributed by atoms with Crippen molar-refractivity contribution in [2.75, 3.05) is 18.9 Å². The van der Waals surface area contributed by atoms with E-state index in [4.69, 9.17) is 10.5 Å². The second kappa shape index (κ2) is 9.06. The van der Waals surface area contributed by atoms with E-state index in [0.29, 0.717) is 6.54 Å². The van der Waals surface area contributed by atoms with Crippen LogP contribution in [-0.4, -0.2) is 19.1 Å². The summed E-state index contributed by atoms with van der Waals surface area (Å²) < 4.78 is 5.57.